The minimum atomic E-state index is -0.334. The first-order chi connectivity index (χ1) is 14.4. The fourth-order valence-electron chi connectivity index (χ4n) is 2.91. The van der Waals surface area contributed by atoms with Gasteiger partial charge in [0, 0.05) is 30.1 Å². The molecule has 2 N–H and O–H groups in total. The van der Waals surface area contributed by atoms with Crippen molar-refractivity contribution in [1.29, 1.82) is 0 Å². The van der Waals surface area contributed by atoms with Crippen molar-refractivity contribution in [3.8, 4) is 0 Å². The van der Waals surface area contributed by atoms with E-state index in [1.54, 1.807) is 48.7 Å². The molecule has 1 aromatic heterocycles. The quantitative estimate of drug-likeness (QED) is 0.632. The Morgan fingerprint density at radius 3 is 2.37 bits per heavy atom. The Kier molecular flexibility index (Phi) is 6.75. The largest absolute Gasteiger partial charge is 0.352 e. The van der Waals surface area contributed by atoms with E-state index in [1.807, 2.05) is 6.92 Å². The van der Waals surface area contributed by atoms with Crippen LogP contribution in [0.25, 0.3) is 0 Å². The highest BCUT2D eigenvalue weighted by atomic mass is 19.1. The summed E-state index contributed by atoms with van der Waals surface area (Å²) in [5.41, 5.74) is 2.56. The molecular weight excluding hydrogens is 385 g/mol. The van der Waals surface area contributed by atoms with E-state index in [0.717, 1.165) is 11.1 Å². The van der Waals surface area contributed by atoms with Gasteiger partial charge >= 0.3 is 0 Å². The summed E-state index contributed by atoms with van der Waals surface area (Å²) in [5, 5.41) is 5.52. The minimum Gasteiger partial charge on any atom is -0.352 e. The zero-order valence-corrected chi connectivity index (χ0v) is 16.5. The fraction of sp³-hybridized carbons (Fsp3) is 0.174. The molecular formula is C23H22FN3O3. The van der Waals surface area contributed by atoms with E-state index in [-0.39, 0.29) is 29.7 Å². The third kappa shape index (κ3) is 5.88. The molecule has 1 heterocycles. The summed E-state index contributed by atoms with van der Waals surface area (Å²) in [5.74, 6) is -0.860. The number of hydrogen-bond acceptors (Lipinski definition) is 3. The standard InChI is InChI=1S/C23H22FN3O3/c1-16-2-11-22(29)27(14-16)15-21(28)26-20-9-5-18(6-10-20)23(30)25-13-12-17-3-7-19(24)8-4-17/h2-11,14H,12-13,15H2,1H3,(H,25,30)(H,26,28). The first-order valence-corrected chi connectivity index (χ1v) is 9.50. The molecule has 7 heteroatoms. The number of rotatable bonds is 7. The fourth-order valence-corrected chi connectivity index (χ4v) is 2.91. The normalized spacial score (nSPS) is 10.5. The van der Waals surface area contributed by atoms with Crippen LogP contribution in [0.5, 0.6) is 0 Å². The predicted molar refractivity (Wildman–Crippen MR) is 113 cm³/mol. The average molecular weight is 407 g/mol. The van der Waals surface area contributed by atoms with Crippen LogP contribution < -0.4 is 16.2 Å². The maximum atomic E-state index is 12.9. The minimum absolute atomic E-state index is 0.0911. The first kappa shape index (κ1) is 21.0. The van der Waals surface area contributed by atoms with E-state index in [1.165, 1.54) is 22.8 Å². The van der Waals surface area contributed by atoms with E-state index in [2.05, 4.69) is 10.6 Å². The van der Waals surface area contributed by atoms with Crippen LogP contribution in [-0.2, 0) is 17.8 Å². The summed E-state index contributed by atoms with van der Waals surface area (Å²) in [4.78, 5) is 36.2. The summed E-state index contributed by atoms with van der Waals surface area (Å²) < 4.78 is 14.2. The maximum absolute atomic E-state index is 12.9. The summed E-state index contributed by atoms with van der Waals surface area (Å²) in [7, 11) is 0. The van der Waals surface area contributed by atoms with Crippen molar-refractivity contribution < 1.29 is 14.0 Å². The third-order valence-electron chi connectivity index (χ3n) is 4.49. The van der Waals surface area contributed by atoms with Crippen molar-refractivity contribution >= 4 is 17.5 Å². The number of nitrogens with zero attached hydrogens (tertiary/aromatic N) is 1. The highest BCUT2D eigenvalue weighted by Crippen LogP contribution is 2.10. The van der Waals surface area contributed by atoms with Crippen LogP contribution in [-0.4, -0.2) is 22.9 Å². The molecule has 0 unspecified atom stereocenters. The smallest absolute Gasteiger partial charge is 0.251 e. The van der Waals surface area contributed by atoms with Crippen LogP contribution in [0.4, 0.5) is 10.1 Å². The number of nitrogens with one attached hydrogen (secondary N) is 2. The molecule has 0 radical (unpaired) electrons. The van der Waals surface area contributed by atoms with Crippen molar-refractivity contribution in [1.82, 2.24) is 9.88 Å². The number of pyridine rings is 1. The summed E-state index contributed by atoms with van der Waals surface area (Å²) in [6.07, 6.45) is 2.22. The third-order valence-corrected chi connectivity index (χ3v) is 4.49. The van der Waals surface area contributed by atoms with Crippen LogP contribution in [0.15, 0.2) is 71.7 Å². The van der Waals surface area contributed by atoms with Crippen LogP contribution in [0.1, 0.15) is 21.5 Å². The van der Waals surface area contributed by atoms with Gasteiger partial charge in [0.15, 0.2) is 0 Å². The molecule has 0 saturated heterocycles. The lowest BCUT2D eigenvalue weighted by Crippen LogP contribution is -2.27. The Morgan fingerprint density at radius 1 is 0.967 bits per heavy atom. The van der Waals surface area contributed by atoms with Gasteiger partial charge in [0.05, 0.1) is 0 Å². The first-order valence-electron chi connectivity index (χ1n) is 9.50. The lowest BCUT2D eigenvalue weighted by molar-refractivity contribution is -0.116. The monoisotopic (exact) mass is 407 g/mol. The van der Waals surface area contributed by atoms with Crippen molar-refractivity contribution in [3.63, 3.8) is 0 Å². The zero-order valence-electron chi connectivity index (χ0n) is 16.5. The molecule has 0 bridgehead atoms. The number of hydrogen-bond donors (Lipinski definition) is 2. The van der Waals surface area contributed by atoms with E-state index >= 15 is 0 Å². The number of aryl methyl sites for hydroxylation is 1. The summed E-state index contributed by atoms with van der Waals surface area (Å²) in [6, 6.07) is 15.7. The Hall–Kier alpha value is -3.74. The van der Waals surface area contributed by atoms with E-state index in [4.69, 9.17) is 0 Å². The van der Waals surface area contributed by atoms with E-state index in [0.29, 0.717) is 24.2 Å². The molecule has 3 aromatic rings. The van der Waals surface area contributed by atoms with Crippen molar-refractivity contribution in [2.45, 2.75) is 19.9 Å². The molecule has 0 aliphatic heterocycles. The highest BCUT2D eigenvalue weighted by molar-refractivity contribution is 5.95. The average Bonchev–Trinajstić information content (AvgIpc) is 2.72. The van der Waals surface area contributed by atoms with E-state index in [9.17, 15) is 18.8 Å². The second-order valence-corrected chi connectivity index (χ2v) is 6.93. The Bertz CT molecular complexity index is 1090. The van der Waals surface area contributed by atoms with Gasteiger partial charge < -0.3 is 15.2 Å². The Morgan fingerprint density at radius 2 is 1.67 bits per heavy atom. The molecule has 0 spiro atoms. The van der Waals surface area contributed by atoms with E-state index < -0.39 is 0 Å². The molecule has 0 aliphatic rings. The summed E-state index contributed by atoms with van der Waals surface area (Å²) in [6.45, 7) is 2.18. The molecule has 6 nitrogen and oxygen atoms in total. The lowest BCUT2D eigenvalue weighted by atomic mass is 10.1. The van der Waals surface area contributed by atoms with Crippen molar-refractivity contribution in [2.75, 3.05) is 11.9 Å². The van der Waals surface area contributed by atoms with Crippen molar-refractivity contribution in [2.24, 2.45) is 0 Å². The lowest BCUT2D eigenvalue weighted by Gasteiger charge is -2.09. The van der Waals surface area contributed by atoms with Crippen LogP contribution in [0, 0.1) is 12.7 Å². The van der Waals surface area contributed by atoms with Gasteiger partial charge in [-0.15, -0.1) is 0 Å². The number of benzene rings is 2. The van der Waals surface area contributed by atoms with Gasteiger partial charge in [-0.25, -0.2) is 4.39 Å². The Balaban J connectivity index is 1.50. The number of anilines is 1. The van der Waals surface area contributed by atoms with Gasteiger partial charge in [-0.2, -0.15) is 0 Å². The number of carbonyl (C=O) groups is 2. The second-order valence-electron chi connectivity index (χ2n) is 6.93. The number of amides is 2. The molecule has 154 valence electrons. The SMILES string of the molecule is Cc1ccc(=O)n(CC(=O)Nc2ccc(C(=O)NCCc3ccc(F)cc3)cc2)c1. The highest BCUT2D eigenvalue weighted by Gasteiger charge is 2.08. The van der Waals surface area contributed by atoms with Gasteiger partial charge in [-0.1, -0.05) is 18.2 Å². The Labute approximate surface area is 173 Å². The molecule has 0 aliphatic carbocycles. The summed E-state index contributed by atoms with van der Waals surface area (Å²) >= 11 is 0. The van der Waals surface area contributed by atoms with Crippen LogP contribution >= 0.6 is 0 Å². The molecule has 3 rings (SSSR count). The number of aromatic nitrogens is 1. The number of carbonyl (C=O) groups excluding carboxylic acids is 2. The van der Waals surface area contributed by atoms with Gasteiger partial charge in [0.1, 0.15) is 12.4 Å². The second kappa shape index (κ2) is 9.65. The van der Waals surface area contributed by atoms with Crippen LogP contribution in [0.3, 0.4) is 0 Å². The molecule has 0 atom stereocenters. The van der Waals surface area contributed by atoms with Gasteiger partial charge in [-0.05, 0) is 60.9 Å². The molecule has 2 aromatic carbocycles. The topological polar surface area (TPSA) is 80.2 Å². The predicted octanol–water partition coefficient (Wildman–Crippen LogP) is 2.91. The number of halogens is 1. The maximum Gasteiger partial charge on any atom is 0.251 e. The van der Waals surface area contributed by atoms with Gasteiger partial charge in [-0.3, -0.25) is 14.4 Å². The molecule has 2 amide bonds. The molecule has 30 heavy (non-hydrogen) atoms. The zero-order chi connectivity index (χ0) is 21.5. The van der Waals surface area contributed by atoms with Gasteiger partial charge in [0.2, 0.25) is 5.91 Å². The van der Waals surface area contributed by atoms with Crippen LogP contribution in [0.2, 0.25) is 0 Å². The van der Waals surface area contributed by atoms with Crippen molar-refractivity contribution in [3.05, 3.63) is 99.7 Å². The molecule has 0 fully saturated rings. The van der Waals surface area contributed by atoms with Gasteiger partial charge in [0.25, 0.3) is 11.5 Å². The molecule has 0 saturated carbocycles.